The summed E-state index contributed by atoms with van der Waals surface area (Å²) >= 11 is 0. The first-order valence-electron chi connectivity index (χ1n) is 7.35. The smallest absolute Gasteiger partial charge is 0.00673 e. The van der Waals surface area contributed by atoms with Crippen molar-refractivity contribution in [2.24, 2.45) is 17.3 Å². The van der Waals surface area contributed by atoms with E-state index in [9.17, 15) is 0 Å². The van der Waals surface area contributed by atoms with Gasteiger partial charge in [-0.05, 0) is 55.9 Å². The molecule has 2 aliphatic rings. The van der Waals surface area contributed by atoms with Crippen LogP contribution in [0.5, 0.6) is 0 Å². The highest BCUT2D eigenvalue weighted by atomic mass is 14.9. The molecule has 0 aromatic rings. The van der Waals surface area contributed by atoms with E-state index in [1.807, 2.05) is 0 Å². The second-order valence-corrected chi connectivity index (χ2v) is 6.80. The van der Waals surface area contributed by atoms with E-state index in [1.165, 1.54) is 51.5 Å². The zero-order valence-electron chi connectivity index (χ0n) is 11.4. The van der Waals surface area contributed by atoms with E-state index >= 15 is 0 Å². The molecule has 2 aliphatic carbocycles. The first kappa shape index (κ1) is 12.4. The lowest BCUT2D eigenvalue weighted by Gasteiger charge is -2.29. The molecule has 1 N–H and O–H groups in total. The molecule has 0 saturated heterocycles. The molecule has 0 amide bonds. The lowest BCUT2D eigenvalue weighted by atomic mass is 9.83. The van der Waals surface area contributed by atoms with E-state index in [1.54, 1.807) is 0 Å². The van der Waals surface area contributed by atoms with Gasteiger partial charge >= 0.3 is 0 Å². The van der Waals surface area contributed by atoms with Crippen LogP contribution in [0.15, 0.2) is 0 Å². The zero-order chi connectivity index (χ0) is 11.6. The van der Waals surface area contributed by atoms with Crippen LogP contribution in [0.4, 0.5) is 0 Å². The van der Waals surface area contributed by atoms with Crippen molar-refractivity contribution in [1.29, 1.82) is 0 Å². The van der Waals surface area contributed by atoms with Crippen LogP contribution in [-0.2, 0) is 0 Å². The molecule has 2 saturated carbocycles. The molecule has 0 spiro atoms. The molecule has 2 rings (SSSR count). The molecule has 2 fully saturated rings. The fourth-order valence-corrected chi connectivity index (χ4v) is 3.30. The van der Waals surface area contributed by atoms with Crippen LogP contribution in [0.3, 0.4) is 0 Å². The lowest BCUT2D eigenvalue weighted by Crippen LogP contribution is -2.34. The van der Waals surface area contributed by atoms with Crippen molar-refractivity contribution in [3.05, 3.63) is 0 Å². The van der Waals surface area contributed by atoms with Crippen LogP contribution in [0.25, 0.3) is 0 Å². The van der Waals surface area contributed by atoms with Gasteiger partial charge < -0.3 is 5.32 Å². The summed E-state index contributed by atoms with van der Waals surface area (Å²) in [6.45, 7) is 8.39. The Morgan fingerprint density at radius 2 is 1.75 bits per heavy atom. The molecule has 94 valence electrons. The average molecular weight is 223 g/mol. The lowest BCUT2D eigenvalue weighted by molar-refractivity contribution is 0.274. The molecular formula is C15H29N. The van der Waals surface area contributed by atoms with Crippen molar-refractivity contribution in [2.45, 2.75) is 71.8 Å². The van der Waals surface area contributed by atoms with Gasteiger partial charge in [0, 0.05) is 6.04 Å². The molecule has 0 aromatic carbocycles. The van der Waals surface area contributed by atoms with Gasteiger partial charge in [-0.25, -0.2) is 0 Å². The summed E-state index contributed by atoms with van der Waals surface area (Å²) in [5.41, 5.74) is 0.645. The standard InChI is InChI=1S/C15H29N/c1-4-5-12-6-8-14(9-7-12)16-11-13-10-15(13,2)3/h12-14,16H,4-11H2,1-3H3. The monoisotopic (exact) mass is 223 g/mol. The summed E-state index contributed by atoms with van der Waals surface area (Å²) in [6.07, 6.45) is 10.1. The van der Waals surface area contributed by atoms with Crippen LogP contribution < -0.4 is 5.32 Å². The third-order valence-electron chi connectivity index (χ3n) is 4.91. The summed E-state index contributed by atoms with van der Waals surface area (Å²) in [4.78, 5) is 0. The minimum absolute atomic E-state index is 0.645. The molecule has 0 radical (unpaired) electrons. The van der Waals surface area contributed by atoms with E-state index in [2.05, 4.69) is 26.1 Å². The zero-order valence-corrected chi connectivity index (χ0v) is 11.4. The quantitative estimate of drug-likeness (QED) is 0.743. The predicted molar refractivity (Wildman–Crippen MR) is 70.5 cm³/mol. The largest absolute Gasteiger partial charge is 0.314 e. The summed E-state index contributed by atoms with van der Waals surface area (Å²) in [5, 5.41) is 3.80. The first-order valence-corrected chi connectivity index (χ1v) is 7.35. The van der Waals surface area contributed by atoms with Crippen molar-refractivity contribution < 1.29 is 0 Å². The van der Waals surface area contributed by atoms with Crippen LogP contribution in [-0.4, -0.2) is 12.6 Å². The van der Waals surface area contributed by atoms with Crippen LogP contribution in [0.2, 0.25) is 0 Å². The van der Waals surface area contributed by atoms with Crippen molar-refractivity contribution in [3.8, 4) is 0 Å². The van der Waals surface area contributed by atoms with Gasteiger partial charge in [0.15, 0.2) is 0 Å². The molecule has 1 unspecified atom stereocenters. The summed E-state index contributed by atoms with van der Waals surface area (Å²) < 4.78 is 0. The highest BCUT2D eigenvalue weighted by molar-refractivity contribution is 4.96. The maximum atomic E-state index is 3.80. The maximum Gasteiger partial charge on any atom is 0.00673 e. The fraction of sp³-hybridized carbons (Fsp3) is 1.00. The van der Waals surface area contributed by atoms with Gasteiger partial charge in [-0.1, -0.05) is 33.6 Å². The van der Waals surface area contributed by atoms with Gasteiger partial charge in [-0.3, -0.25) is 0 Å². The summed E-state index contributed by atoms with van der Waals surface area (Å²) in [5.74, 6) is 2.00. The van der Waals surface area contributed by atoms with E-state index in [-0.39, 0.29) is 0 Å². The Morgan fingerprint density at radius 3 is 2.25 bits per heavy atom. The van der Waals surface area contributed by atoms with Gasteiger partial charge in [0.25, 0.3) is 0 Å². The third kappa shape index (κ3) is 3.23. The molecule has 0 heterocycles. The number of hydrogen-bond donors (Lipinski definition) is 1. The Hall–Kier alpha value is -0.0400. The highest BCUT2D eigenvalue weighted by Gasteiger charge is 2.45. The van der Waals surface area contributed by atoms with Crippen LogP contribution >= 0.6 is 0 Å². The molecule has 1 nitrogen and oxygen atoms in total. The molecule has 1 heteroatoms. The highest BCUT2D eigenvalue weighted by Crippen LogP contribution is 2.51. The van der Waals surface area contributed by atoms with Crippen molar-refractivity contribution in [1.82, 2.24) is 5.32 Å². The second kappa shape index (κ2) is 5.08. The van der Waals surface area contributed by atoms with Crippen LogP contribution in [0.1, 0.15) is 65.7 Å². The molecular weight excluding hydrogens is 194 g/mol. The number of hydrogen-bond acceptors (Lipinski definition) is 1. The predicted octanol–water partition coefficient (Wildman–Crippen LogP) is 3.98. The van der Waals surface area contributed by atoms with Gasteiger partial charge in [0.05, 0.1) is 0 Å². The second-order valence-electron chi connectivity index (χ2n) is 6.80. The molecule has 0 bridgehead atoms. The topological polar surface area (TPSA) is 12.0 Å². The minimum Gasteiger partial charge on any atom is -0.314 e. The maximum absolute atomic E-state index is 3.80. The Morgan fingerprint density at radius 1 is 1.12 bits per heavy atom. The van der Waals surface area contributed by atoms with E-state index < -0.39 is 0 Å². The SMILES string of the molecule is CCCC1CCC(NCC2CC2(C)C)CC1. The van der Waals surface area contributed by atoms with Gasteiger partial charge in [0.1, 0.15) is 0 Å². The third-order valence-corrected chi connectivity index (χ3v) is 4.91. The number of nitrogens with one attached hydrogen (secondary N) is 1. The molecule has 0 aromatic heterocycles. The molecule has 16 heavy (non-hydrogen) atoms. The normalized spacial score (nSPS) is 37.3. The van der Waals surface area contributed by atoms with E-state index in [0.717, 1.165) is 17.9 Å². The van der Waals surface area contributed by atoms with Crippen LogP contribution in [0, 0.1) is 17.3 Å². The fourth-order valence-electron chi connectivity index (χ4n) is 3.30. The Bertz CT molecular complexity index is 213. The van der Waals surface area contributed by atoms with Crippen molar-refractivity contribution in [2.75, 3.05) is 6.54 Å². The molecule has 0 aliphatic heterocycles. The Labute approximate surface area is 101 Å². The van der Waals surface area contributed by atoms with Gasteiger partial charge in [-0.2, -0.15) is 0 Å². The first-order chi connectivity index (χ1) is 7.62. The van der Waals surface area contributed by atoms with Gasteiger partial charge in [-0.15, -0.1) is 0 Å². The number of rotatable bonds is 5. The average Bonchev–Trinajstić information content (AvgIpc) is 2.86. The van der Waals surface area contributed by atoms with Gasteiger partial charge in [0.2, 0.25) is 0 Å². The summed E-state index contributed by atoms with van der Waals surface area (Å²) in [7, 11) is 0. The summed E-state index contributed by atoms with van der Waals surface area (Å²) in [6, 6.07) is 0.838. The Balaban J connectivity index is 1.59. The van der Waals surface area contributed by atoms with Crippen molar-refractivity contribution in [3.63, 3.8) is 0 Å². The van der Waals surface area contributed by atoms with E-state index in [0.29, 0.717) is 5.41 Å². The van der Waals surface area contributed by atoms with E-state index in [4.69, 9.17) is 0 Å². The van der Waals surface area contributed by atoms with Crippen molar-refractivity contribution >= 4 is 0 Å². The molecule has 1 atom stereocenters. The Kier molecular flexibility index (Phi) is 3.94. The minimum atomic E-state index is 0.645.